The first-order valence-electron chi connectivity index (χ1n) is 11.3. The summed E-state index contributed by atoms with van der Waals surface area (Å²) >= 11 is 1.61. The second kappa shape index (κ2) is 9.13. The van der Waals surface area contributed by atoms with E-state index in [0.717, 1.165) is 40.1 Å². The summed E-state index contributed by atoms with van der Waals surface area (Å²) in [4.78, 5) is 21.5. The molecule has 0 spiro atoms. The van der Waals surface area contributed by atoms with Crippen LogP contribution in [0.4, 0.5) is 0 Å². The van der Waals surface area contributed by atoms with Gasteiger partial charge in [0.2, 0.25) is 15.9 Å². The molecule has 7 nitrogen and oxygen atoms in total. The van der Waals surface area contributed by atoms with Crippen molar-refractivity contribution in [2.45, 2.75) is 30.7 Å². The number of sulfonamides is 1. The van der Waals surface area contributed by atoms with Crippen molar-refractivity contribution in [3.63, 3.8) is 0 Å². The summed E-state index contributed by atoms with van der Waals surface area (Å²) in [5.41, 5.74) is 3.39. The van der Waals surface area contributed by atoms with Crippen LogP contribution in [0.15, 0.2) is 47.4 Å². The first-order chi connectivity index (χ1) is 15.9. The molecule has 0 N–H and O–H groups in total. The van der Waals surface area contributed by atoms with Gasteiger partial charge in [0, 0.05) is 33.2 Å². The Morgan fingerprint density at radius 1 is 1.06 bits per heavy atom. The Kier molecular flexibility index (Phi) is 6.22. The number of aromatic nitrogens is 1. The molecule has 2 aliphatic rings. The van der Waals surface area contributed by atoms with Crippen LogP contribution in [0.5, 0.6) is 0 Å². The maximum Gasteiger partial charge on any atom is 0.243 e. The van der Waals surface area contributed by atoms with Gasteiger partial charge in [-0.25, -0.2) is 13.4 Å². The molecule has 1 amide bonds. The Labute approximate surface area is 198 Å². The molecule has 2 heterocycles. The highest BCUT2D eigenvalue weighted by Crippen LogP contribution is 2.27. The van der Waals surface area contributed by atoms with Crippen LogP contribution < -0.4 is 0 Å². The molecule has 3 aromatic rings. The van der Waals surface area contributed by atoms with Gasteiger partial charge in [0.15, 0.2) is 0 Å². The maximum absolute atomic E-state index is 13.1. The largest absolute Gasteiger partial charge is 0.338 e. The molecule has 1 aliphatic heterocycles. The number of para-hydroxylation sites is 1. The van der Waals surface area contributed by atoms with Gasteiger partial charge in [-0.2, -0.15) is 4.31 Å². The van der Waals surface area contributed by atoms with Gasteiger partial charge < -0.3 is 4.90 Å². The lowest BCUT2D eigenvalue weighted by Crippen LogP contribution is -2.51. The number of fused-ring (bicyclic) bond motifs is 2. The lowest BCUT2D eigenvalue weighted by atomic mass is 10.1. The third-order valence-electron chi connectivity index (χ3n) is 6.53. The Bertz CT molecular complexity index is 1250. The average molecular weight is 485 g/mol. The Balaban J connectivity index is 1.15. The summed E-state index contributed by atoms with van der Waals surface area (Å²) in [5.74, 6) is 0.0178. The zero-order valence-electron chi connectivity index (χ0n) is 18.7. The van der Waals surface area contributed by atoms with E-state index in [1.54, 1.807) is 33.7 Å². The van der Waals surface area contributed by atoms with E-state index in [1.165, 1.54) is 5.56 Å². The number of piperazine rings is 1. The van der Waals surface area contributed by atoms with Crippen LogP contribution in [0.25, 0.3) is 10.2 Å². The Morgan fingerprint density at radius 2 is 1.82 bits per heavy atom. The van der Waals surface area contributed by atoms with Crippen molar-refractivity contribution >= 4 is 37.5 Å². The standard InChI is InChI=1S/C24H28N4O3S2/c1-26(16-23-25-21-7-2-3-8-22(21)32-23)24(29)17-27-11-13-28(14-12-27)33(30,31)20-10-9-18-5-4-6-19(18)15-20/h2-3,7-10,15H,4-6,11-14,16-17H2,1H3. The molecule has 0 saturated carbocycles. The van der Waals surface area contributed by atoms with E-state index >= 15 is 0 Å². The van der Waals surface area contributed by atoms with Crippen LogP contribution in [0.2, 0.25) is 0 Å². The van der Waals surface area contributed by atoms with Crippen LogP contribution in [-0.2, 0) is 34.2 Å². The number of hydrogen-bond acceptors (Lipinski definition) is 6. The molecule has 0 radical (unpaired) electrons. The van der Waals surface area contributed by atoms with Crippen molar-refractivity contribution in [2.75, 3.05) is 39.8 Å². The summed E-state index contributed by atoms with van der Waals surface area (Å²) < 4.78 is 28.9. The average Bonchev–Trinajstić information content (AvgIpc) is 3.45. The fourth-order valence-electron chi connectivity index (χ4n) is 4.58. The molecule has 1 aromatic heterocycles. The third-order valence-corrected chi connectivity index (χ3v) is 9.45. The third kappa shape index (κ3) is 4.68. The fourth-order valence-corrected chi connectivity index (χ4v) is 7.07. The maximum atomic E-state index is 13.1. The van der Waals surface area contributed by atoms with Gasteiger partial charge in [-0.3, -0.25) is 9.69 Å². The molecule has 1 aliphatic carbocycles. The second-order valence-corrected chi connectivity index (χ2v) is 11.8. The predicted molar refractivity (Wildman–Crippen MR) is 130 cm³/mol. The van der Waals surface area contributed by atoms with Gasteiger partial charge in [0.05, 0.1) is 28.2 Å². The summed E-state index contributed by atoms with van der Waals surface area (Å²) in [5, 5.41) is 0.914. The van der Waals surface area contributed by atoms with Crippen LogP contribution in [0.1, 0.15) is 22.6 Å². The monoisotopic (exact) mass is 484 g/mol. The number of carbonyl (C=O) groups excluding carboxylic acids is 1. The zero-order chi connectivity index (χ0) is 23.0. The molecule has 1 saturated heterocycles. The first kappa shape index (κ1) is 22.5. The molecule has 9 heteroatoms. The molecule has 1 fully saturated rings. The lowest BCUT2D eigenvalue weighted by Gasteiger charge is -2.34. The van der Waals surface area contributed by atoms with E-state index in [1.807, 2.05) is 41.3 Å². The Morgan fingerprint density at radius 3 is 2.61 bits per heavy atom. The molecule has 0 bridgehead atoms. The van der Waals surface area contributed by atoms with Gasteiger partial charge in [0.1, 0.15) is 5.01 Å². The predicted octanol–water partition coefficient (Wildman–Crippen LogP) is 2.75. The van der Waals surface area contributed by atoms with Crippen molar-refractivity contribution < 1.29 is 13.2 Å². The SMILES string of the molecule is CN(Cc1nc2ccccc2s1)C(=O)CN1CCN(S(=O)(=O)c2ccc3c(c2)CCC3)CC1. The van der Waals surface area contributed by atoms with Crippen molar-refractivity contribution in [1.82, 2.24) is 19.1 Å². The van der Waals surface area contributed by atoms with Crippen LogP contribution in [-0.4, -0.2) is 73.2 Å². The van der Waals surface area contributed by atoms with Crippen LogP contribution >= 0.6 is 11.3 Å². The highest BCUT2D eigenvalue weighted by Gasteiger charge is 2.30. The molecule has 2 aromatic carbocycles. The van der Waals surface area contributed by atoms with Gasteiger partial charge in [-0.05, 0) is 54.7 Å². The number of aryl methyl sites for hydroxylation is 2. The van der Waals surface area contributed by atoms with E-state index in [0.29, 0.717) is 37.6 Å². The highest BCUT2D eigenvalue weighted by molar-refractivity contribution is 7.89. The summed E-state index contributed by atoms with van der Waals surface area (Å²) in [6.07, 6.45) is 3.09. The normalized spacial score (nSPS) is 17.4. The minimum absolute atomic E-state index is 0.0178. The molecule has 33 heavy (non-hydrogen) atoms. The van der Waals surface area contributed by atoms with Crippen LogP contribution in [0, 0.1) is 0 Å². The smallest absolute Gasteiger partial charge is 0.243 e. The quantitative estimate of drug-likeness (QED) is 0.538. The van der Waals surface area contributed by atoms with Gasteiger partial charge >= 0.3 is 0 Å². The van der Waals surface area contributed by atoms with E-state index < -0.39 is 10.0 Å². The molecule has 0 unspecified atom stereocenters. The van der Waals surface area contributed by atoms with E-state index in [4.69, 9.17) is 0 Å². The number of nitrogens with zero attached hydrogens (tertiary/aromatic N) is 4. The number of carbonyl (C=O) groups is 1. The topological polar surface area (TPSA) is 73.8 Å². The number of benzene rings is 2. The molecular formula is C24H28N4O3S2. The number of thiazole rings is 1. The molecule has 174 valence electrons. The molecule has 5 rings (SSSR count). The number of amides is 1. The summed E-state index contributed by atoms with van der Waals surface area (Å²) in [6, 6.07) is 13.5. The van der Waals surface area contributed by atoms with E-state index in [2.05, 4.69) is 4.98 Å². The van der Waals surface area contributed by atoms with Gasteiger partial charge in [-0.1, -0.05) is 18.2 Å². The van der Waals surface area contributed by atoms with Crippen molar-refractivity contribution in [3.8, 4) is 0 Å². The highest BCUT2D eigenvalue weighted by atomic mass is 32.2. The van der Waals surface area contributed by atoms with Crippen molar-refractivity contribution in [2.24, 2.45) is 0 Å². The minimum Gasteiger partial charge on any atom is -0.338 e. The second-order valence-electron chi connectivity index (χ2n) is 8.79. The molecule has 0 atom stereocenters. The van der Waals surface area contributed by atoms with Crippen molar-refractivity contribution in [1.29, 1.82) is 0 Å². The van der Waals surface area contributed by atoms with Crippen LogP contribution in [0.3, 0.4) is 0 Å². The van der Waals surface area contributed by atoms with Gasteiger partial charge in [0.25, 0.3) is 0 Å². The first-order valence-corrected chi connectivity index (χ1v) is 13.6. The van der Waals surface area contributed by atoms with Crippen molar-refractivity contribution in [3.05, 3.63) is 58.6 Å². The number of likely N-dealkylation sites (N-methyl/N-ethyl adjacent to an activating group) is 1. The van der Waals surface area contributed by atoms with Gasteiger partial charge in [-0.15, -0.1) is 11.3 Å². The number of rotatable bonds is 6. The molecular weight excluding hydrogens is 456 g/mol. The zero-order valence-corrected chi connectivity index (χ0v) is 20.4. The number of hydrogen-bond donors (Lipinski definition) is 0. The van der Waals surface area contributed by atoms with E-state index in [-0.39, 0.29) is 12.5 Å². The Hall–Kier alpha value is -2.33. The summed E-state index contributed by atoms with van der Waals surface area (Å²) in [6.45, 7) is 2.65. The van der Waals surface area contributed by atoms with E-state index in [9.17, 15) is 13.2 Å². The minimum atomic E-state index is -3.50. The fraction of sp³-hybridized carbons (Fsp3) is 0.417. The lowest BCUT2D eigenvalue weighted by molar-refractivity contribution is -0.131. The summed E-state index contributed by atoms with van der Waals surface area (Å²) in [7, 11) is -1.71.